The van der Waals surface area contributed by atoms with Gasteiger partial charge in [0.2, 0.25) is 5.91 Å². The molecule has 1 aliphatic rings. The second kappa shape index (κ2) is 22.6. The molecule has 0 aromatic rings. The van der Waals surface area contributed by atoms with Gasteiger partial charge in [-0.3, -0.25) is 4.79 Å². The molecule has 0 radical (unpaired) electrons. The summed E-state index contributed by atoms with van der Waals surface area (Å²) in [6.45, 7) is 5.85. The van der Waals surface area contributed by atoms with Crippen molar-refractivity contribution in [1.29, 1.82) is 0 Å². The summed E-state index contributed by atoms with van der Waals surface area (Å²) in [5.41, 5.74) is 0. The zero-order valence-electron chi connectivity index (χ0n) is 22.4. The maximum absolute atomic E-state index is 12.2. The van der Waals surface area contributed by atoms with Gasteiger partial charge in [0.1, 0.15) is 31.5 Å². The van der Waals surface area contributed by atoms with E-state index in [0.29, 0.717) is 13.2 Å². The molecule has 2 amide bonds. The molecule has 0 saturated carbocycles. The van der Waals surface area contributed by atoms with Crippen LogP contribution in [0.3, 0.4) is 0 Å². The summed E-state index contributed by atoms with van der Waals surface area (Å²) in [5.74, 6) is -4.76. The van der Waals surface area contributed by atoms with E-state index in [-0.39, 0.29) is 28.1 Å². The molecule has 0 bridgehead atoms. The summed E-state index contributed by atoms with van der Waals surface area (Å²) < 4.78 is 19.6. The van der Waals surface area contributed by atoms with Gasteiger partial charge in [-0.15, -0.1) is 0 Å². The Kier molecular flexibility index (Phi) is 23.9. The fourth-order valence-electron chi connectivity index (χ4n) is 3.36. The highest BCUT2D eigenvalue weighted by molar-refractivity contribution is 5.82. The third-order valence-electron chi connectivity index (χ3n) is 5.32. The number of rotatable bonds is 15. The van der Waals surface area contributed by atoms with E-state index in [0.717, 1.165) is 5.92 Å². The first-order valence-electron chi connectivity index (χ1n) is 12.4. The van der Waals surface area contributed by atoms with E-state index in [1.165, 1.54) is 20.0 Å². The molecular weight excluding hydrogens is 536 g/mol. The number of hydrogen-bond donors (Lipinski definition) is 8. The Morgan fingerprint density at radius 2 is 1.70 bits per heavy atom. The lowest BCUT2D eigenvalue weighted by molar-refractivity contribution is -0.295. The number of amides is 2. The van der Waals surface area contributed by atoms with Crippen LogP contribution in [0.1, 0.15) is 54.9 Å². The maximum Gasteiger partial charge on any atom is 0.407 e. The molecule has 0 aromatic carbocycles. The molecule has 6 atom stereocenters. The summed E-state index contributed by atoms with van der Waals surface area (Å²) in [4.78, 5) is 35.0. The average Bonchev–Trinajstić information content (AvgIpc) is 2.85. The first kappa shape index (κ1) is 42.4. The van der Waals surface area contributed by atoms with Crippen LogP contribution < -0.4 is 10.6 Å². The first-order valence-corrected chi connectivity index (χ1v) is 12.4. The highest BCUT2D eigenvalue weighted by Gasteiger charge is 2.54. The Morgan fingerprint density at radius 3 is 2.17 bits per heavy atom. The quantitative estimate of drug-likeness (QED) is 0.110. The van der Waals surface area contributed by atoms with Gasteiger partial charge in [-0.2, -0.15) is 0 Å². The molecule has 0 aliphatic carbocycles. The third kappa shape index (κ3) is 16.2. The van der Waals surface area contributed by atoms with Crippen LogP contribution in [0, 0.1) is 5.92 Å². The van der Waals surface area contributed by atoms with Crippen molar-refractivity contribution in [2.75, 3.05) is 46.7 Å². The minimum Gasteiger partial charge on any atom is -0.477 e. The summed E-state index contributed by atoms with van der Waals surface area (Å²) in [5, 5.41) is 62.6. The number of carbonyl (C=O) groups is 3. The fraction of sp³-hybridized carbons (Fsp3) is 0.880. The van der Waals surface area contributed by atoms with Gasteiger partial charge in [-0.05, 0) is 5.92 Å². The summed E-state index contributed by atoms with van der Waals surface area (Å²) in [7, 11) is 1.50. The summed E-state index contributed by atoms with van der Waals surface area (Å²) >= 11 is 0. The molecule has 0 spiro atoms. The number of nitrogens with one attached hydrogen (secondary N) is 2. The van der Waals surface area contributed by atoms with Crippen molar-refractivity contribution in [2.45, 2.75) is 91.1 Å². The van der Waals surface area contributed by atoms with Crippen molar-refractivity contribution in [3.63, 3.8) is 0 Å². The molecule has 240 valence electrons. The molecule has 8 N–H and O–H groups in total. The predicted molar refractivity (Wildman–Crippen MR) is 144 cm³/mol. The highest BCUT2D eigenvalue weighted by atomic mass is 16.7. The van der Waals surface area contributed by atoms with E-state index in [9.17, 15) is 34.8 Å². The van der Waals surface area contributed by atoms with Crippen molar-refractivity contribution in [2.24, 2.45) is 5.92 Å². The van der Waals surface area contributed by atoms with Crippen molar-refractivity contribution in [3.05, 3.63) is 0 Å². The molecule has 0 aromatic heterocycles. The molecule has 1 saturated heterocycles. The lowest BCUT2D eigenvalue weighted by atomic mass is 9.88. The van der Waals surface area contributed by atoms with E-state index in [4.69, 9.17) is 29.2 Å². The number of aliphatic carboxylic acids is 1. The fourth-order valence-corrected chi connectivity index (χ4v) is 3.36. The lowest BCUT2D eigenvalue weighted by Gasteiger charge is -2.44. The molecule has 1 fully saturated rings. The maximum atomic E-state index is 12.2. The van der Waals surface area contributed by atoms with Gasteiger partial charge in [-0.1, -0.05) is 48.5 Å². The van der Waals surface area contributed by atoms with E-state index < -0.39 is 73.8 Å². The summed E-state index contributed by atoms with van der Waals surface area (Å²) in [6.07, 6.45) is -6.47. The number of aliphatic hydroxyl groups excluding tert-OH is 4. The Balaban J connectivity index is -0.00000153. The lowest BCUT2D eigenvalue weighted by Crippen LogP contribution is -2.67. The van der Waals surface area contributed by atoms with E-state index in [1.54, 1.807) is 0 Å². The molecule has 15 nitrogen and oxygen atoms in total. The molecule has 1 aliphatic heterocycles. The van der Waals surface area contributed by atoms with Crippen LogP contribution >= 0.6 is 0 Å². The van der Waals surface area contributed by atoms with Gasteiger partial charge in [0.15, 0.2) is 0 Å². The Hall–Kier alpha value is -2.11. The summed E-state index contributed by atoms with van der Waals surface area (Å²) in [6, 6.07) is -1.50. The Morgan fingerprint density at radius 1 is 1.10 bits per heavy atom. The monoisotopic (exact) mass is 588 g/mol. The van der Waals surface area contributed by atoms with Crippen molar-refractivity contribution >= 4 is 18.0 Å². The molecule has 15 heteroatoms. The zero-order valence-corrected chi connectivity index (χ0v) is 22.4. The van der Waals surface area contributed by atoms with Gasteiger partial charge in [-0.25, -0.2) is 9.59 Å². The van der Waals surface area contributed by atoms with Crippen LogP contribution in [0.15, 0.2) is 0 Å². The van der Waals surface area contributed by atoms with Crippen molar-refractivity contribution < 1.29 is 64.0 Å². The number of carbonyl (C=O) groups excluding carboxylic acids is 2. The number of alkyl carbamates (subject to hydrolysis) is 1. The van der Waals surface area contributed by atoms with Crippen LogP contribution in [0.2, 0.25) is 0 Å². The molecule has 1 heterocycles. The topological polar surface area (TPSA) is 234 Å². The predicted octanol–water partition coefficient (Wildman–Crippen LogP) is -0.788. The van der Waals surface area contributed by atoms with Gasteiger partial charge in [0.25, 0.3) is 5.79 Å². The molecular formula is C25H52N2O13. The number of carboxylic acid groups (broad SMARTS) is 1. The van der Waals surface area contributed by atoms with Crippen molar-refractivity contribution in [3.8, 4) is 0 Å². The van der Waals surface area contributed by atoms with Crippen molar-refractivity contribution in [1.82, 2.24) is 10.6 Å². The third-order valence-corrected chi connectivity index (χ3v) is 5.32. The second-order valence-electron chi connectivity index (χ2n) is 9.05. The van der Waals surface area contributed by atoms with Gasteiger partial charge >= 0.3 is 12.1 Å². The average molecular weight is 589 g/mol. The van der Waals surface area contributed by atoms with Gasteiger partial charge < -0.3 is 60.2 Å². The Bertz CT molecular complexity index is 698. The Labute approximate surface area is 236 Å². The zero-order chi connectivity index (χ0) is 29.3. The van der Waals surface area contributed by atoms with Crippen LogP contribution in [0.25, 0.3) is 0 Å². The number of hydrogen-bond acceptors (Lipinski definition) is 12. The number of ether oxygens (including phenoxy) is 4. The van der Waals surface area contributed by atoms with E-state index >= 15 is 0 Å². The molecule has 1 rings (SSSR count). The largest absolute Gasteiger partial charge is 0.477 e. The second-order valence-corrected chi connectivity index (χ2v) is 9.05. The number of aliphatic hydroxyl groups is 5. The normalized spacial score (nSPS) is 23.3. The minimum absolute atomic E-state index is 0. The van der Waals surface area contributed by atoms with Crippen LogP contribution in [0.5, 0.6) is 0 Å². The minimum atomic E-state index is -2.91. The molecule has 40 heavy (non-hydrogen) atoms. The van der Waals surface area contributed by atoms with Gasteiger partial charge in [0.05, 0.1) is 38.6 Å². The van der Waals surface area contributed by atoms with E-state index in [1.807, 2.05) is 0 Å². The van der Waals surface area contributed by atoms with Crippen LogP contribution in [-0.4, -0.2) is 132 Å². The van der Waals surface area contributed by atoms with E-state index in [2.05, 4.69) is 31.4 Å². The highest BCUT2D eigenvalue weighted by Crippen LogP contribution is 2.30. The number of carboxylic acids is 1. The molecule has 6 unspecified atom stereocenters. The number of methoxy groups -OCH3 is 1. The van der Waals surface area contributed by atoms with Gasteiger partial charge in [0, 0.05) is 13.5 Å². The smallest absolute Gasteiger partial charge is 0.407 e. The standard InChI is InChI=1S/C17H30N2O13.C6H14.2CH4/c1-29-2-3-30-4-5-31-16(27)18-7-11(23)19-12-9(21)6-17(28,15(25)26)32-14(12)13(24)10(22)8-20;1-4-5-6(2)3;;/h9-10,12-14,20-22,24,28H,2-8H2,1H3,(H,18,27)(H,19,23)(H,25,26);6H,4-5H2,1-3H3;2*1H4. The van der Waals surface area contributed by atoms with Crippen LogP contribution in [-0.2, 0) is 28.5 Å². The first-order chi connectivity index (χ1) is 17.8. The van der Waals surface area contributed by atoms with Crippen LogP contribution in [0.4, 0.5) is 4.79 Å². The SMILES string of the molecule is C.C.CCCC(C)C.COCCOCCOC(=O)NCC(=O)NC1C(O)CC(O)(C(=O)O)OC1C(O)C(O)CO.